The van der Waals surface area contributed by atoms with E-state index in [9.17, 15) is 14.9 Å². The summed E-state index contributed by atoms with van der Waals surface area (Å²) >= 11 is 5.98. The van der Waals surface area contributed by atoms with E-state index in [0.717, 1.165) is 5.56 Å². The number of primary amides is 1. The van der Waals surface area contributed by atoms with E-state index in [4.69, 9.17) is 17.3 Å². The fourth-order valence-corrected chi connectivity index (χ4v) is 2.73. The van der Waals surface area contributed by atoms with E-state index < -0.39 is 10.8 Å². The molecule has 9 heteroatoms. The summed E-state index contributed by atoms with van der Waals surface area (Å²) in [5.74, 6) is -0.505. The van der Waals surface area contributed by atoms with Crippen LogP contribution in [0.25, 0.3) is 0 Å². The van der Waals surface area contributed by atoms with Gasteiger partial charge in [-0.05, 0) is 35.4 Å². The maximum absolute atomic E-state index is 11.9. The molecule has 0 unspecified atom stereocenters. The normalized spacial score (nSPS) is 11.0. The molecule has 8 nitrogen and oxygen atoms in total. The lowest BCUT2D eigenvalue weighted by molar-refractivity contribution is -0.384. The Balaban J connectivity index is 1.86. The first kappa shape index (κ1) is 18.3. The average molecular weight is 384 g/mol. The number of benzene rings is 2. The summed E-state index contributed by atoms with van der Waals surface area (Å²) in [5, 5.41) is 18.1. The van der Waals surface area contributed by atoms with Gasteiger partial charge in [-0.3, -0.25) is 20.0 Å². The van der Waals surface area contributed by atoms with Crippen LogP contribution in [0.15, 0.2) is 53.5 Å². The number of nitro benzene ring substituents is 1. The monoisotopic (exact) mass is 383 g/mol. The lowest BCUT2D eigenvalue weighted by Gasteiger charge is -2.02. The molecular formula is C18H14ClN5O3. The zero-order valence-corrected chi connectivity index (χ0v) is 14.7. The van der Waals surface area contributed by atoms with Gasteiger partial charge in [0.05, 0.1) is 10.6 Å². The van der Waals surface area contributed by atoms with Gasteiger partial charge < -0.3 is 5.73 Å². The Bertz CT molecular complexity index is 1030. The number of hydrogen-bond acceptors (Lipinski definition) is 5. The number of nitrogens with zero attached hydrogens (tertiary/aromatic N) is 3. The highest BCUT2D eigenvalue weighted by atomic mass is 35.5. The second-order valence-electron chi connectivity index (χ2n) is 5.68. The molecule has 0 bridgehead atoms. The van der Waals surface area contributed by atoms with E-state index in [-0.39, 0.29) is 17.1 Å². The Morgan fingerprint density at radius 1 is 1.30 bits per heavy atom. The molecule has 0 aliphatic rings. The van der Waals surface area contributed by atoms with Gasteiger partial charge in [-0.25, -0.2) is 4.99 Å². The van der Waals surface area contributed by atoms with Gasteiger partial charge in [0.1, 0.15) is 5.56 Å². The van der Waals surface area contributed by atoms with Crippen molar-refractivity contribution in [3.8, 4) is 0 Å². The Morgan fingerprint density at radius 3 is 2.67 bits per heavy atom. The van der Waals surface area contributed by atoms with Gasteiger partial charge in [-0.15, -0.1) is 0 Å². The van der Waals surface area contributed by atoms with Crippen LogP contribution in [0.5, 0.6) is 0 Å². The third kappa shape index (κ3) is 4.36. The van der Waals surface area contributed by atoms with Crippen molar-refractivity contribution in [3.05, 3.63) is 86.1 Å². The number of non-ortho nitro benzene ring substituents is 1. The van der Waals surface area contributed by atoms with Crippen LogP contribution in [0.4, 0.5) is 11.5 Å². The molecule has 0 aliphatic carbocycles. The molecule has 3 N–H and O–H groups in total. The molecule has 0 atom stereocenters. The highest BCUT2D eigenvalue weighted by Crippen LogP contribution is 2.23. The Hall–Kier alpha value is -3.52. The molecule has 1 amide bonds. The van der Waals surface area contributed by atoms with Gasteiger partial charge in [-0.1, -0.05) is 23.7 Å². The average Bonchev–Trinajstić information content (AvgIpc) is 3.03. The number of aliphatic imine (C=N–C) groups is 1. The molecule has 1 aromatic heterocycles. The number of hydrogen-bond donors (Lipinski definition) is 2. The van der Waals surface area contributed by atoms with E-state index in [1.807, 2.05) is 12.1 Å². The number of amides is 1. The predicted octanol–water partition coefficient (Wildman–Crippen LogP) is 3.41. The summed E-state index contributed by atoms with van der Waals surface area (Å²) < 4.78 is 0. The minimum absolute atomic E-state index is 0.0199. The van der Waals surface area contributed by atoms with Crippen molar-refractivity contribution < 1.29 is 9.72 Å². The van der Waals surface area contributed by atoms with Crippen molar-refractivity contribution in [3.63, 3.8) is 0 Å². The third-order valence-electron chi connectivity index (χ3n) is 3.78. The predicted molar refractivity (Wildman–Crippen MR) is 102 cm³/mol. The summed E-state index contributed by atoms with van der Waals surface area (Å²) in [6.07, 6.45) is 1.84. The first-order chi connectivity index (χ1) is 12.9. The van der Waals surface area contributed by atoms with Crippen LogP contribution in [0.3, 0.4) is 0 Å². The summed E-state index contributed by atoms with van der Waals surface area (Å²) in [7, 11) is 0. The lowest BCUT2D eigenvalue weighted by atomic mass is 10.1. The summed E-state index contributed by atoms with van der Waals surface area (Å²) in [4.78, 5) is 26.3. The van der Waals surface area contributed by atoms with Gasteiger partial charge >= 0.3 is 0 Å². The smallest absolute Gasteiger partial charge is 0.269 e. The Kier molecular flexibility index (Phi) is 5.28. The standard InChI is InChI=1S/C18H14ClN5O3/c19-13-3-1-2-12(8-13)9-15-16(17(20)25)18(23-22-15)21-10-11-4-6-14(7-5-11)24(26)27/h1-8,10H,9H2,(H2,20,25)(H,22,23). The molecule has 136 valence electrons. The van der Waals surface area contributed by atoms with E-state index in [1.165, 1.54) is 18.3 Å². The molecule has 0 aliphatic heterocycles. The lowest BCUT2D eigenvalue weighted by Crippen LogP contribution is -2.13. The number of rotatable bonds is 6. The Labute approximate surface area is 158 Å². The minimum Gasteiger partial charge on any atom is -0.365 e. The molecule has 27 heavy (non-hydrogen) atoms. The molecule has 3 aromatic rings. The van der Waals surface area contributed by atoms with E-state index in [1.54, 1.807) is 24.3 Å². The van der Waals surface area contributed by atoms with Crippen molar-refractivity contribution >= 4 is 35.2 Å². The van der Waals surface area contributed by atoms with Crippen LogP contribution < -0.4 is 5.73 Å². The number of H-pyrrole nitrogens is 1. The second-order valence-corrected chi connectivity index (χ2v) is 6.11. The van der Waals surface area contributed by atoms with Crippen LogP contribution in [-0.4, -0.2) is 27.2 Å². The quantitative estimate of drug-likeness (QED) is 0.384. The topological polar surface area (TPSA) is 127 Å². The van der Waals surface area contributed by atoms with Crippen LogP contribution in [0.2, 0.25) is 5.02 Å². The third-order valence-corrected chi connectivity index (χ3v) is 4.01. The van der Waals surface area contributed by atoms with Crippen LogP contribution in [-0.2, 0) is 6.42 Å². The van der Waals surface area contributed by atoms with Crippen LogP contribution in [0, 0.1) is 10.1 Å². The SMILES string of the molecule is NC(=O)c1c(N=Cc2ccc([N+](=O)[O-])cc2)n[nH]c1Cc1cccc(Cl)c1. The molecule has 3 rings (SSSR count). The fourth-order valence-electron chi connectivity index (χ4n) is 2.52. The molecule has 0 fully saturated rings. The zero-order valence-electron chi connectivity index (χ0n) is 13.9. The molecule has 0 spiro atoms. The van der Waals surface area contributed by atoms with Crippen LogP contribution in [0.1, 0.15) is 27.2 Å². The molecule has 2 aromatic carbocycles. The number of aromatic amines is 1. The highest BCUT2D eigenvalue weighted by molar-refractivity contribution is 6.30. The second kappa shape index (κ2) is 7.79. The van der Waals surface area contributed by atoms with Crippen molar-refractivity contribution in [2.75, 3.05) is 0 Å². The first-order valence-corrected chi connectivity index (χ1v) is 8.22. The first-order valence-electron chi connectivity index (χ1n) is 7.84. The number of carbonyl (C=O) groups is 1. The highest BCUT2D eigenvalue weighted by Gasteiger charge is 2.18. The van der Waals surface area contributed by atoms with Crippen molar-refractivity contribution in [1.82, 2.24) is 10.2 Å². The summed E-state index contributed by atoms with van der Waals surface area (Å²) in [6.45, 7) is 0. The largest absolute Gasteiger partial charge is 0.365 e. The number of nitrogens with two attached hydrogens (primary N) is 1. The molecule has 0 saturated heterocycles. The zero-order chi connectivity index (χ0) is 19.4. The van der Waals surface area contributed by atoms with Gasteiger partial charge in [0, 0.05) is 29.8 Å². The number of nitrogens with one attached hydrogen (secondary N) is 1. The van der Waals surface area contributed by atoms with E-state index in [2.05, 4.69) is 15.2 Å². The molecule has 0 radical (unpaired) electrons. The van der Waals surface area contributed by atoms with E-state index >= 15 is 0 Å². The number of aromatic nitrogens is 2. The maximum atomic E-state index is 11.9. The maximum Gasteiger partial charge on any atom is 0.269 e. The molecule has 0 saturated carbocycles. The van der Waals surface area contributed by atoms with Gasteiger partial charge in [0.15, 0.2) is 5.82 Å². The summed E-state index contributed by atoms with van der Waals surface area (Å²) in [6, 6.07) is 13.1. The number of halogens is 1. The van der Waals surface area contributed by atoms with Gasteiger partial charge in [0.2, 0.25) is 0 Å². The van der Waals surface area contributed by atoms with Gasteiger partial charge in [0.25, 0.3) is 11.6 Å². The fraction of sp³-hybridized carbons (Fsp3) is 0.0556. The van der Waals surface area contributed by atoms with Crippen molar-refractivity contribution in [2.24, 2.45) is 10.7 Å². The van der Waals surface area contributed by atoms with Crippen molar-refractivity contribution in [1.29, 1.82) is 0 Å². The van der Waals surface area contributed by atoms with E-state index in [0.29, 0.717) is 22.7 Å². The number of carbonyl (C=O) groups excluding carboxylic acids is 1. The molecule has 1 heterocycles. The molecular weight excluding hydrogens is 370 g/mol. The summed E-state index contributed by atoms with van der Waals surface area (Å²) in [5.41, 5.74) is 7.70. The van der Waals surface area contributed by atoms with Gasteiger partial charge in [-0.2, -0.15) is 5.10 Å². The van der Waals surface area contributed by atoms with Crippen LogP contribution >= 0.6 is 11.6 Å². The Morgan fingerprint density at radius 2 is 2.04 bits per heavy atom. The van der Waals surface area contributed by atoms with Crippen molar-refractivity contribution in [2.45, 2.75) is 6.42 Å². The minimum atomic E-state index is -0.656. The number of nitro groups is 1.